The summed E-state index contributed by atoms with van der Waals surface area (Å²) < 4.78 is 12.5. The molecule has 0 radical (unpaired) electrons. The Morgan fingerprint density at radius 3 is 2.75 bits per heavy atom. The van der Waals surface area contributed by atoms with Crippen molar-refractivity contribution in [3.05, 3.63) is 61.9 Å². The van der Waals surface area contributed by atoms with Gasteiger partial charge in [-0.05, 0) is 83.5 Å². The van der Waals surface area contributed by atoms with Gasteiger partial charge in [-0.15, -0.1) is 0 Å². The number of thioether (sulfide) groups is 1. The maximum atomic E-state index is 12.9. The van der Waals surface area contributed by atoms with E-state index in [4.69, 9.17) is 33.3 Å². The Bertz CT molecular complexity index is 1090. The fourth-order valence-electron chi connectivity index (χ4n) is 2.79. The SMILES string of the molecule is CCCOc1c(Br)cc(/C=C2\SC(=S)N(NC(=O)c3cccc(Cl)c3)C2=O)cc1OCC. The summed E-state index contributed by atoms with van der Waals surface area (Å²) in [5, 5.41) is 1.48. The highest BCUT2D eigenvalue weighted by molar-refractivity contribution is 9.10. The Kier molecular flexibility index (Phi) is 8.58. The minimum atomic E-state index is -0.483. The Morgan fingerprint density at radius 2 is 2.06 bits per heavy atom. The van der Waals surface area contributed by atoms with Crippen molar-refractivity contribution in [1.82, 2.24) is 10.4 Å². The molecule has 1 saturated heterocycles. The lowest BCUT2D eigenvalue weighted by molar-refractivity contribution is -0.123. The molecule has 6 nitrogen and oxygen atoms in total. The Hall–Kier alpha value is -2.07. The summed E-state index contributed by atoms with van der Waals surface area (Å²) >= 11 is 15.9. The highest BCUT2D eigenvalue weighted by Crippen LogP contribution is 2.39. The first-order valence-corrected chi connectivity index (χ1v) is 12.2. The summed E-state index contributed by atoms with van der Waals surface area (Å²) in [4.78, 5) is 25.8. The molecular weight excluding hydrogens is 536 g/mol. The number of nitrogens with one attached hydrogen (secondary N) is 1. The second-order valence-electron chi connectivity index (χ2n) is 6.58. The quantitative estimate of drug-likeness (QED) is 0.326. The van der Waals surface area contributed by atoms with Crippen LogP contribution in [0, 0.1) is 0 Å². The van der Waals surface area contributed by atoms with E-state index in [0.717, 1.165) is 28.8 Å². The van der Waals surface area contributed by atoms with Crippen LogP contribution in [0.5, 0.6) is 11.5 Å². The molecule has 0 saturated carbocycles. The third-order valence-electron chi connectivity index (χ3n) is 4.17. The van der Waals surface area contributed by atoms with Crippen LogP contribution in [0.15, 0.2) is 45.8 Å². The Morgan fingerprint density at radius 1 is 1.28 bits per heavy atom. The molecule has 3 rings (SSSR count). The molecule has 10 heteroatoms. The smallest absolute Gasteiger partial charge is 0.285 e. The average molecular weight is 556 g/mol. The number of hydrazine groups is 1. The van der Waals surface area contributed by atoms with Crippen molar-refractivity contribution in [3.8, 4) is 11.5 Å². The van der Waals surface area contributed by atoms with E-state index in [2.05, 4.69) is 21.4 Å². The van der Waals surface area contributed by atoms with E-state index in [0.29, 0.717) is 44.7 Å². The fourth-order valence-corrected chi connectivity index (χ4v) is 4.73. The second-order valence-corrected chi connectivity index (χ2v) is 9.55. The van der Waals surface area contributed by atoms with Gasteiger partial charge in [0, 0.05) is 10.6 Å². The third-order valence-corrected chi connectivity index (χ3v) is 6.30. The van der Waals surface area contributed by atoms with Crippen molar-refractivity contribution in [2.24, 2.45) is 0 Å². The maximum Gasteiger partial charge on any atom is 0.285 e. The van der Waals surface area contributed by atoms with Gasteiger partial charge in [-0.2, -0.15) is 5.01 Å². The number of hydrogen-bond donors (Lipinski definition) is 1. The lowest BCUT2D eigenvalue weighted by Crippen LogP contribution is -2.44. The summed E-state index contributed by atoms with van der Waals surface area (Å²) in [5.74, 6) is 0.290. The summed E-state index contributed by atoms with van der Waals surface area (Å²) in [6.07, 6.45) is 2.56. The van der Waals surface area contributed by atoms with Crippen molar-refractivity contribution >= 4 is 73.7 Å². The molecule has 168 valence electrons. The number of rotatable bonds is 8. The fraction of sp³-hybridized carbons (Fsp3) is 0.227. The van der Waals surface area contributed by atoms with Crippen LogP contribution in [0.25, 0.3) is 6.08 Å². The molecule has 0 aliphatic carbocycles. The van der Waals surface area contributed by atoms with Gasteiger partial charge in [0.25, 0.3) is 11.8 Å². The number of halogens is 2. The maximum absolute atomic E-state index is 12.9. The minimum Gasteiger partial charge on any atom is -0.490 e. The molecular formula is C22H20BrClN2O4S2. The van der Waals surface area contributed by atoms with E-state index in [9.17, 15) is 9.59 Å². The molecule has 1 fully saturated rings. The lowest BCUT2D eigenvalue weighted by atomic mass is 10.2. The molecule has 0 atom stereocenters. The van der Waals surface area contributed by atoms with Crippen LogP contribution in [0.3, 0.4) is 0 Å². The molecule has 32 heavy (non-hydrogen) atoms. The first-order chi connectivity index (χ1) is 15.3. The molecule has 0 bridgehead atoms. The number of nitrogens with zero attached hydrogens (tertiary/aromatic N) is 1. The van der Waals surface area contributed by atoms with Crippen LogP contribution in [-0.2, 0) is 4.79 Å². The number of thiocarbonyl (C=S) groups is 1. The van der Waals surface area contributed by atoms with Crippen molar-refractivity contribution in [1.29, 1.82) is 0 Å². The Balaban J connectivity index is 1.82. The van der Waals surface area contributed by atoms with Crippen molar-refractivity contribution in [3.63, 3.8) is 0 Å². The van der Waals surface area contributed by atoms with Gasteiger partial charge in [0.05, 0.1) is 22.6 Å². The van der Waals surface area contributed by atoms with Crippen LogP contribution >= 0.6 is 51.5 Å². The predicted octanol–water partition coefficient (Wildman–Crippen LogP) is 5.84. The molecule has 0 unspecified atom stereocenters. The van der Waals surface area contributed by atoms with E-state index in [1.165, 1.54) is 6.07 Å². The van der Waals surface area contributed by atoms with Gasteiger partial charge in [0.15, 0.2) is 15.8 Å². The first-order valence-electron chi connectivity index (χ1n) is 9.77. The number of amides is 2. The van der Waals surface area contributed by atoms with Gasteiger partial charge in [-0.3, -0.25) is 15.0 Å². The number of carbonyl (C=O) groups excluding carboxylic acids is 2. The standard InChI is InChI=1S/C22H20BrClN2O4S2/c1-3-8-30-19-16(23)9-13(10-17(19)29-4-2)11-18-21(28)26(22(31)32-18)25-20(27)14-6-5-7-15(24)12-14/h5-7,9-12H,3-4,8H2,1-2H3,(H,25,27)/b18-11-. The van der Waals surface area contributed by atoms with Crippen LogP contribution in [-0.4, -0.2) is 34.4 Å². The minimum absolute atomic E-state index is 0.226. The number of ether oxygens (including phenoxy) is 2. The van der Waals surface area contributed by atoms with Gasteiger partial charge in [-0.1, -0.05) is 36.4 Å². The van der Waals surface area contributed by atoms with Crippen LogP contribution < -0.4 is 14.9 Å². The molecule has 0 spiro atoms. The molecule has 2 aromatic rings. The second kappa shape index (κ2) is 11.2. The molecule has 1 aliphatic rings. The van der Waals surface area contributed by atoms with Crippen LogP contribution in [0.4, 0.5) is 0 Å². The highest BCUT2D eigenvalue weighted by Gasteiger charge is 2.34. The van der Waals surface area contributed by atoms with Gasteiger partial charge in [0.1, 0.15) is 0 Å². The molecule has 1 aliphatic heterocycles. The number of hydrogen-bond acceptors (Lipinski definition) is 6. The zero-order valence-electron chi connectivity index (χ0n) is 17.3. The highest BCUT2D eigenvalue weighted by atomic mass is 79.9. The molecule has 2 amide bonds. The van der Waals surface area contributed by atoms with Crippen LogP contribution in [0.2, 0.25) is 5.02 Å². The van der Waals surface area contributed by atoms with E-state index >= 15 is 0 Å². The topological polar surface area (TPSA) is 67.9 Å². The number of carbonyl (C=O) groups is 2. The van der Waals surface area contributed by atoms with Gasteiger partial charge >= 0.3 is 0 Å². The number of benzene rings is 2. The zero-order valence-corrected chi connectivity index (χ0v) is 21.3. The van der Waals surface area contributed by atoms with Crippen LogP contribution in [0.1, 0.15) is 36.2 Å². The average Bonchev–Trinajstić information content (AvgIpc) is 3.00. The van der Waals surface area contributed by atoms with E-state index < -0.39 is 11.8 Å². The summed E-state index contributed by atoms with van der Waals surface area (Å²) in [6, 6.07) is 10.1. The van der Waals surface area contributed by atoms with Gasteiger partial charge < -0.3 is 9.47 Å². The monoisotopic (exact) mass is 554 g/mol. The van der Waals surface area contributed by atoms with E-state index in [1.54, 1.807) is 30.3 Å². The summed E-state index contributed by atoms with van der Waals surface area (Å²) in [7, 11) is 0. The lowest BCUT2D eigenvalue weighted by Gasteiger charge is -2.15. The predicted molar refractivity (Wildman–Crippen MR) is 135 cm³/mol. The molecule has 0 aromatic heterocycles. The zero-order chi connectivity index (χ0) is 23.3. The Labute approximate surface area is 209 Å². The molecule has 1 heterocycles. The normalized spacial score (nSPS) is 14.8. The molecule has 1 N–H and O–H groups in total. The third kappa shape index (κ3) is 5.83. The van der Waals surface area contributed by atoms with Gasteiger partial charge in [-0.25, -0.2) is 0 Å². The molecule has 2 aromatic carbocycles. The van der Waals surface area contributed by atoms with Gasteiger partial charge in [0.2, 0.25) is 0 Å². The van der Waals surface area contributed by atoms with Crippen molar-refractivity contribution < 1.29 is 19.1 Å². The van der Waals surface area contributed by atoms with Crippen molar-refractivity contribution in [2.45, 2.75) is 20.3 Å². The summed E-state index contributed by atoms with van der Waals surface area (Å²) in [5.41, 5.74) is 3.59. The van der Waals surface area contributed by atoms with Crippen molar-refractivity contribution in [2.75, 3.05) is 13.2 Å². The largest absolute Gasteiger partial charge is 0.490 e. The first kappa shape index (κ1) is 24.6. The van der Waals surface area contributed by atoms with E-state index in [-0.39, 0.29) is 4.32 Å². The van der Waals surface area contributed by atoms with E-state index in [1.807, 2.05) is 19.9 Å². The summed E-state index contributed by atoms with van der Waals surface area (Å²) in [6.45, 7) is 4.94.